The predicted octanol–water partition coefficient (Wildman–Crippen LogP) is 4.28. The van der Waals surface area contributed by atoms with Gasteiger partial charge in [-0.25, -0.2) is 9.63 Å². The van der Waals surface area contributed by atoms with Gasteiger partial charge in [-0.05, 0) is 36.2 Å². The maximum atomic E-state index is 11.5. The molecule has 0 heterocycles. The van der Waals surface area contributed by atoms with E-state index in [0.717, 1.165) is 24.8 Å². The molecule has 0 spiro atoms. The lowest BCUT2D eigenvalue weighted by atomic mass is 10.1. The third-order valence-electron chi connectivity index (χ3n) is 4.10. The van der Waals surface area contributed by atoms with Crippen molar-refractivity contribution in [1.82, 2.24) is 5.06 Å². The van der Waals surface area contributed by atoms with Gasteiger partial charge in [-0.15, -0.1) is 0 Å². The standard InChI is InChI=1S/C20H24N2O5/c1-2-3-7-14-21(15-16-10-12-18(13-11-16)20(23)24)27-19(22(25)26)17-8-5-4-6-9-17/h4-6,8-13,19H,2-3,7,14-15H2,1H3,(H,23,24). The first-order valence-electron chi connectivity index (χ1n) is 8.93. The highest BCUT2D eigenvalue weighted by atomic mass is 16.8. The molecule has 1 unspecified atom stereocenters. The Labute approximate surface area is 158 Å². The summed E-state index contributed by atoms with van der Waals surface area (Å²) in [7, 11) is 0. The second-order valence-corrected chi connectivity index (χ2v) is 6.23. The normalized spacial score (nSPS) is 12.1. The molecule has 2 rings (SSSR count). The highest BCUT2D eigenvalue weighted by Crippen LogP contribution is 2.21. The number of unbranched alkanes of at least 4 members (excludes halogenated alkanes) is 2. The molecule has 0 bridgehead atoms. The minimum absolute atomic E-state index is 0.199. The third-order valence-corrected chi connectivity index (χ3v) is 4.10. The number of hydroxylamine groups is 2. The Morgan fingerprint density at radius 2 is 1.81 bits per heavy atom. The second-order valence-electron chi connectivity index (χ2n) is 6.23. The van der Waals surface area contributed by atoms with Gasteiger partial charge in [0.05, 0.1) is 16.1 Å². The van der Waals surface area contributed by atoms with Gasteiger partial charge in [0.2, 0.25) is 0 Å². The smallest absolute Gasteiger partial charge is 0.357 e. The number of carbonyl (C=O) groups is 1. The fraction of sp³-hybridized carbons (Fsp3) is 0.350. The average Bonchev–Trinajstić information content (AvgIpc) is 2.66. The molecule has 0 fully saturated rings. The number of carboxylic acids is 1. The van der Waals surface area contributed by atoms with Gasteiger partial charge in [-0.2, -0.15) is 5.06 Å². The van der Waals surface area contributed by atoms with E-state index in [2.05, 4.69) is 6.92 Å². The molecule has 1 atom stereocenters. The first-order valence-corrected chi connectivity index (χ1v) is 8.93. The Hall–Kier alpha value is -2.77. The van der Waals surface area contributed by atoms with Crippen molar-refractivity contribution in [3.05, 3.63) is 81.4 Å². The lowest BCUT2D eigenvalue weighted by molar-refractivity contribution is -0.607. The highest BCUT2D eigenvalue weighted by Gasteiger charge is 2.27. The van der Waals surface area contributed by atoms with Gasteiger partial charge in [0.25, 0.3) is 0 Å². The molecule has 0 aliphatic rings. The van der Waals surface area contributed by atoms with Crippen molar-refractivity contribution in [1.29, 1.82) is 0 Å². The second kappa shape index (κ2) is 10.4. The zero-order valence-corrected chi connectivity index (χ0v) is 15.3. The predicted molar refractivity (Wildman–Crippen MR) is 101 cm³/mol. The van der Waals surface area contributed by atoms with Crippen LogP contribution in [0.15, 0.2) is 54.6 Å². The van der Waals surface area contributed by atoms with Gasteiger partial charge in [-0.1, -0.05) is 50.1 Å². The molecule has 27 heavy (non-hydrogen) atoms. The monoisotopic (exact) mass is 372 g/mol. The molecule has 0 saturated carbocycles. The van der Waals surface area contributed by atoms with E-state index >= 15 is 0 Å². The van der Waals surface area contributed by atoms with Crippen molar-refractivity contribution in [3.63, 3.8) is 0 Å². The van der Waals surface area contributed by atoms with E-state index in [0.29, 0.717) is 18.7 Å². The Balaban J connectivity index is 2.14. The summed E-state index contributed by atoms with van der Waals surface area (Å²) in [6.45, 7) is 2.96. The molecule has 0 aliphatic carbocycles. The molecule has 2 aromatic carbocycles. The zero-order valence-electron chi connectivity index (χ0n) is 15.3. The fourth-order valence-corrected chi connectivity index (χ4v) is 2.64. The molecule has 0 amide bonds. The van der Waals surface area contributed by atoms with Crippen molar-refractivity contribution >= 4 is 5.97 Å². The summed E-state index contributed by atoms with van der Waals surface area (Å²) in [5.41, 5.74) is 1.50. The lowest BCUT2D eigenvalue weighted by Gasteiger charge is -2.23. The molecule has 7 heteroatoms. The summed E-state index contributed by atoms with van der Waals surface area (Å²) in [6, 6.07) is 15.0. The van der Waals surface area contributed by atoms with Gasteiger partial charge in [-0.3, -0.25) is 10.1 Å². The Kier molecular flexibility index (Phi) is 7.91. The van der Waals surface area contributed by atoms with Crippen LogP contribution in [0.1, 0.15) is 53.9 Å². The first kappa shape index (κ1) is 20.5. The molecular formula is C20H24N2O5. The quantitative estimate of drug-likeness (QED) is 0.274. The van der Waals surface area contributed by atoms with Gasteiger partial charge in [0.15, 0.2) is 0 Å². The average molecular weight is 372 g/mol. The Bertz CT molecular complexity index is 734. The molecule has 0 saturated heterocycles. The van der Waals surface area contributed by atoms with E-state index < -0.39 is 17.1 Å². The van der Waals surface area contributed by atoms with Crippen LogP contribution in [0.2, 0.25) is 0 Å². The lowest BCUT2D eigenvalue weighted by Crippen LogP contribution is -2.30. The first-order chi connectivity index (χ1) is 13.0. The number of hydrogen-bond donors (Lipinski definition) is 1. The number of rotatable bonds is 11. The highest BCUT2D eigenvalue weighted by molar-refractivity contribution is 5.87. The molecule has 7 nitrogen and oxygen atoms in total. The summed E-state index contributed by atoms with van der Waals surface area (Å²) in [4.78, 5) is 27.8. The molecule has 0 aromatic heterocycles. The van der Waals surface area contributed by atoms with E-state index in [1.807, 2.05) is 0 Å². The van der Waals surface area contributed by atoms with Crippen LogP contribution in [-0.4, -0.2) is 27.6 Å². The molecular weight excluding hydrogens is 348 g/mol. The third kappa shape index (κ3) is 6.47. The van der Waals surface area contributed by atoms with E-state index in [1.54, 1.807) is 47.5 Å². The summed E-state index contributed by atoms with van der Waals surface area (Å²) in [5.74, 6) is -0.991. The van der Waals surface area contributed by atoms with Crippen LogP contribution < -0.4 is 0 Å². The van der Waals surface area contributed by atoms with Gasteiger partial charge in [0, 0.05) is 13.1 Å². The Morgan fingerprint density at radius 1 is 1.15 bits per heavy atom. The maximum absolute atomic E-state index is 11.5. The van der Waals surface area contributed by atoms with Crippen molar-refractivity contribution in [2.45, 2.75) is 39.0 Å². The molecule has 0 aliphatic heterocycles. The van der Waals surface area contributed by atoms with E-state index in [9.17, 15) is 14.9 Å². The Morgan fingerprint density at radius 3 is 2.37 bits per heavy atom. The number of carboxylic acid groups (broad SMARTS) is 1. The van der Waals surface area contributed by atoms with Crippen LogP contribution >= 0.6 is 0 Å². The topological polar surface area (TPSA) is 92.9 Å². The number of nitro groups is 1. The van der Waals surface area contributed by atoms with Crippen LogP contribution in [0.5, 0.6) is 0 Å². The van der Waals surface area contributed by atoms with Crippen LogP contribution in [0.25, 0.3) is 0 Å². The molecule has 2 aromatic rings. The summed E-state index contributed by atoms with van der Waals surface area (Å²) >= 11 is 0. The van der Waals surface area contributed by atoms with E-state index in [1.165, 1.54) is 12.1 Å². The zero-order chi connectivity index (χ0) is 19.6. The van der Waals surface area contributed by atoms with Crippen molar-refractivity contribution in [3.8, 4) is 0 Å². The molecule has 144 valence electrons. The number of nitrogens with zero attached hydrogens (tertiary/aromatic N) is 2. The largest absolute Gasteiger partial charge is 0.478 e. The number of hydrogen-bond acceptors (Lipinski definition) is 5. The van der Waals surface area contributed by atoms with Gasteiger partial charge < -0.3 is 5.11 Å². The summed E-state index contributed by atoms with van der Waals surface area (Å²) < 4.78 is 0. The van der Waals surface area contributed by atoms with Crippen LogP contribution in [0.3, 0.4) is 0 Å². The number of benzene rings is 2. The summed E-state index contributed by atoms with van der Waals surface area (Å²) in [6.07, 6.45) is 1.58. The molecule has 0 radical (unpaired) electrons. The summed E-state index contributed by atoms with van der Waals surface area (Å²) in [5, 5.41) is 22.1. The minimum atomic E-state index is -1.29. The van der Waals surface area contributed by atoms with Crippen molar-refractivity contribution in [2.24, 2.45) is 0 Å². The van der Waals surface area contributed by atoms with Crippen molar-refractivity contribution in [2.75, 3.05) is 6.54 Å². The van der Waals surface area contributed by atoms with Crippen LogP contribution in [0, 0.1) is 10.1 Å². The molecule has 1 N–H and O–H groups in total. The minimum Gasteiger partial charge on any atom is -0.478 e. The number of aromatic carboxylic acids is 1. The fourth-order valence-electron chi connectivity index (χ4n) is 2.64. The maximum Gasteiger partial charge on any atom is 0.357 e. The van der Waals surface area contributed by atoms with Crippen molar-refractivity contribution < 1.29 is 19.7 Å². The SMILES string of the molecule is CCCCCN(Cc1ccc(C(=O)O)cc1)OC(c1ccccc1)[N+](=O)[O-]. The van der Waals surface area contributed by atoms with E-state index in [4.69, 9.17) is 9.94 Å². The van der Waals surface area contributed by atoms with Gasteiger partial charge >= 0.3 is 12.2 Å². The van der Waals surface area contributed by atoms with Crippen LogP contribution in [0.4, 0.5) is 0 Å². The van der Waals surface area contributed by atoms with E-state index in [-0.39, 0.29) is 5.56 Å². The van der Waals surface area contributed by atoms with Crippen LogP contribution in [-0.2, 0) is 11.4 Å². The van der Waals surface area contributed by atoms with Gasteiger partial charge in [0.1, 0.15) is 0 Å².